The van der Waals surface area contributed by atoms with Gasteiger partial charge in [-0.2, -0.15) is 0 Å². The van der Waals surface area contributed by atoms with Crippen molar-refractivity contribution in [1.82, 2.24) is 9.97 Å². The zero-order chi connectivity index (χ0) is 11.1. The molecule has 0 fully saturated rings. The topological polar surface area (TPSA) is 47.0 Å². The summed E-state index contributed by atoms with van der Waals surface area (Å²) in [6, 6.07) is 0. The van der Waals surface area contributed by atoms with Crippen LogP contribution in [0.25, 0.3) is 0 Å². The molecule has 1 aromatic rings. The number of hydrogen-bond donors (Lipinski definition) is 1. The van der Waals surface area contributed by atoms with Crippen LogP contribution in [0.3, 0.4) is 0 Å². The Morgan fingerprint density at radius 1 is 1.53 bits per heavy atom. The van der Waals surface area contributed by atoms with E-state index in [9.17, 15) is 0 Å². The van der Waals surface area contributed by atoms with Crippen molar-refractivity contribution < 1.29 is 4.74 Å². The van der Waals surface area contributed by atoms with E-state index in [1.807, 2.05) is 26.0 Å². The number of rotatable bonds is 5. The van der Waals surface area contributed by atoms with E-state index in [4.69, 9.17) is 4.74 Å². The molecule has 82 valence electrons. The molecule has 0 spiro atoms. The molecule has 0 aliphatic heterocycles. The quantitative estimate of drug-likeness (QED) is 0.837. The van der Waals surface area contributed by atoms with Crippen LogP contribution in [0.1, 0.15) is 13.8 Å². The average Bonchev–Trinajstić information content (AvgIpc) is 2.24. The van der Waals surface area contributed by atoms with Crippen molar-refractivity contribution >= 4 is 21.7 Å². The van der Waals surface area contributed by atoms with Crippen molar-refractivity contribution in [3.05, 3.63) is 23.0 Å². The summed E-state index contributed by atoms with van der Waals surface area (Å²) in [5, 5.41) is 3.11. The minimum Gasteiger partial charge on any atom is -0.473 e. The van der Waals surface area contributed by atoms with Crippen LogP contribution < -0.4 is 10.1 Å². The van der Waals surface area contributed by atoms with E-state index < -0.39 is 0 Å². The number of hydrogen-bond acceptors (Lipinski definition) is 4. The molecule has 0 unspecified atom stereocenters. The molecule has 0 aliphatic carbocycles. The van der Waals surface area contributed by atoms with Crippen molar-refractivity contribution in [3.8, 4) is 5.88 Å². The maximum absolute atomic E-state index is 5.44. The Morgan fingerprint density at radius 2 is 2.33 bits per heavy atom. The minimum atomic E-state index is 0.512. The molecule has 1 aromatic heterocycles. The molecular formula is C10H14BrN3O. The van der Waals surface area contributed by atoms with Gasteiger partial charge in [0.05, 0.1) is 0 Å². The zero-order valence-corrected chi connectivity index (χ0v) is 10.4. The fraction of sp³-hybridized carbons (Fsp3) is 0.400. The van der Waals surface area contributed by atoms with Gasteiger partial charge in [-0.15, -0.1) is 0 Å². The van der Waals surface area contributed by atoms with Gasteiger partial charge in [-0.1, -0.05) is 12.2 Å². The first kappa shape index (κ1) is 12.0. The fourth-order valence-corrected chi connectivity index (χ4v) is 1.43. The van der Waals surface area contributed by atoms with Gasteiger partial charge in [0.1, 0.15) is 23.2 Å². The van der Waals surface area contributed by atoms with Crippen LogP contribution in [-0.4, -0.2) is 23.1 Å². The third-order valence-corrected chi connectivity index (χ3v) is 2.37. The van der Waals surface area contributed by atoms with Gasteiger partial charge >= 0.3 is 0 Å². The number of halogens is 1. The van der Waals surface area contributed by atoms with Crippen LogP contribution in [0.2, 0.25) is 0 Å². The largest absolute Gasteiger partial charge is 0.473 e. The third-order valence-electron chi connectivity index (χ3n) is 1.65. The van der Waals surface area contributed by atoms with Crippen molar-refractivity contribution in [3.63, 3.8) is 0 Å². The number of anilines is 1. The molecule has 5 heteroatoms. The summed E-state index contributed by atoms with van der Waals surface area (Å²) < 4.78 is 6.20. The van der Waals surface area contributed by atoms with E-state index in [-0.39, 0.29) is 0 Å². The van der Waals surface area contributed by atoms with Gasteiger partial charge < -0.3 is 10.1 Å². The number of aromatic nitrogens is 2. The number of allylic oxidation sites excluding steroid dienone is 1. The summed E-state index contributed by atoms with van der Waals surface area (Å²) in [6.07, 6.45) is 5.33. The highest BCUT2D eigenvalue weighted by atomic mass is 79.9. The molecule has 15 heavy (non-hydrogen) atoms. The van der Waals surface area contributed by atoms with E-state index in [1.54, 1.807) is 0 Å². The molecule has 0 atom stereocenters. The lowest BCUT2D eigenvalue weighted by Crippen LogP contribution is -2.03. The Kier molecular flexibility index (Phi) is 5.10. The fourth-order valence-electron chi connectivity index (χ4n) is 0.968. The van der Waals surface area contributed by atoms with Crippen molar-refractivity contribution in [2.24, 2.45) is 0 Å². The highest BCUT2D eigenvalue weighted by Crippen LogP contribution is 2.28. The lowest BCUT2D eigenvalue weighted by atomic mass is 10.5. The van der Waals surface area contributed by atoms with Gasteiger partial charge in [0.2, 0.25) is 5.88 Å². The highest BCUT2D eigenvalue weighted by Gasteiger charge is 2.07. The van der Waals surface area contributed by atoms with Crippen LogP contribution in [0.5, 0.6) is 5.88 Å². The molecule has 1 heterocycles. The molecule has 1 N–H and O–H groups in total. The van der Waals surface area contributed by atoms with E-state index >= 15 is 0 Å². The Bertz CT molecular complexity index is 341. The first-order chi connectivity index (χ1) is 7.29. The summed E-state index contributed by atoms with van der Waals surface area (Å²) in [7, 11) is 0. The Labute approximate surface area is 97.9 Å². The van der Waals surface area contributed by atoms with E-state index in [2.05, 4.69) is 31.2 Å². The molecule has 0 saturated heterocycles. The second-order valence-electron chi connectivity index (χ2n) is 2.75. The van der Waals surface area contributed by atoms with Gasteiger partial charge in [0.15, 0.2) is 0 Å². The average molecular weight is 272 g/mol. The van der Waals surface area contributed by atoms with E-state index in [1.165, 1.54) is 6.33 Å². The molecule has 0 saturated carbocycles. The van der Waals surface area contributed by atoms with Crippen LogP contribution >= 0.6 is 15.9 Å². The third kappa shape index (κ3) is 3.51. The van der Waals surface area contributed by atoms with Gasteiger partial charge in [0, 0.05) is 6.54 Å². The molecule has 1 rings (SSSR count). The van der Waals surface area contributed by atoms with Crippen molar-refractivity contribution in [2.45, 2.75) is 13.8 Å². The SMILES string of the molecule is C/C=C/COc1ncnc(NCC)c1Br. The number of nitrogens with one attached hydrogen (secondary N) is 1. The molecule has 0 radical (unpaired) electrons. The highest BCUT2D eigenvalue weighted by molar-refractivity contribution is 9.10. The number of ether oxygens (including phenoxy) is 1. The first-order valence-corrected chi connectivity index (χ1v) is 5.57. The van der Waals surface area contributed by atoms with Crippen molar-refractivity contribution in [1.29, 1.82) is 0 Å². The van der Waals surface area contributed by atoms with Gasteiger partial charge in [-0.3, -0.25) is 0 Å². The van der Waals surface area contributed by atoms with Gasteiger partial charge in [0.25, 0.3) is 0 Å². The normalized spacial score (nSPS) is 10.6. The van der Waals surface area contributed by atoms with Gasteiger partial charge in [-0.05, 0) is 29.8 Å². The van der Waals surface area contributed by atoms with Gasteiger partial charge in [-0.25, -0.2) is 9.97 Å². The van der Waals surface area contributed by atoms with Crippen LogP contribution in [0, 0.1) is 0 Å². The predicted molar refractivity (Wildman–Crippen MR) is 64.2 cm³/mol. The smallest absolute Gasteiger partial charge is 0.233 e. The summed E-state index contributed by atoms with van der Waals surface area (Å²) in [6.45, 7) is 5.28. The maximum atomic E-state index is 5.44. The van der Waals surface area contributed by atoms with Crippen LogP contribution in [-0.2, 0) is 0 Å². The Hall–Kier alpha value is -1.10. The number of nitrogens with zero attached hydrogens (tertiary/aromatic N) is 2. The lowest BCUT2D eigenvalue weighted by Gasteiger charge is -2.08. The monoisotopic (exact) mass is 271 g/mol. The molecule has 0 amide bonds. The summed E-state index contributed by atoms with van der Waals surface area (Å²) >= 11 is 3.40. The van der Waals surface area contributed by atoms with E-state index in [0.717, 1.165) is 16.8 Å². The Morgan fingerprint density at radius 3 is 3.00 bits per heavy atom. The standard InChI is InChI=1S/C10H14BrN3O/c1-3-5-6-15-10-8(11)9(12-4-2)13-7-14-10/h3,5,7H,4,6H2,1-2H3,(H,12,13,14)/b5-3+. The molecular weight excluding hydrogens is 258 g/mol. The summed E-state index contributed by atoms with van der Waals surface area (Å²) in [4.78, 5) is 8.13. The summed E-state index contributed by atoms with van der Waals surface area (Å²) in [5.74, 6) is 1.31. The second-order valence-corrected chi connectivity index (χ2v) is 3.54. The first-order valence-electron chi connectivity index (χ1n) is 4.77. The Balaban J connectivity index is 2.74. The molecule has 0 aromatic carbocycles. The molecule has 4 nitrogen and oxygen atoms in total. The van der Waals surface area contributed by atoms with Crippen LogP contribution in [0.4, 0.5) is 5.82 Å². The predicted octanol–water partition coefficient (Wildman–Crippen LogP) is 2.63. The maximum Gasteiger partial charge on any atom is 0.233 e. The van der Waals surface area contributed by atoms with Crippen molar-refractivity contribution in [2.75, 3.05) is 18.5 Å². The lowest BCUT2D eigenvalue weighted by molar-refractivity contribution is 0.345. The zero-order valence-electron chi connectivity index (χ0n) is 8.83. The van der Waals surface area contributed by atoms with E-state index in [0.29, 0.717) is 12.5 Å². The molecule has 0 aliphatic rings. The second kappa shape index (κ2) is 6.40. The van der Waals surface area contributed by atoms with Crippen LogP contribution in [0.15, 0.2) is 23.0 Å². The summed E-state index contributed by atoms with van der Waals surface area (Å²) in [5.41, 5.74) is 0. The molecule has 0 bridgehead atoms. The minimum absolute atomic E-state index is 0.512.